The van der Waals surface area contributed by atoms with Crippen LogP contribution in [-0.4, -0.2) is 49.1 Å². The van der Waals surface area contributed by atoms with E-state index in [1.807, 2.05) is 61.7 Å². The van der Waals surface area contributed by atoms with Crippen LogP contribution < -0.4 is 4.74 Å². The Balaban J connectivity index is 1.71. The standard InChI is InChI=1S/C27H27N3O4S2/c1-3-4-14-34-22-11-10-19(15-18(22)2)25-20(17-30(28-25)21-8-6-5-7-9-21)16-23-26(33)29(27(35)36-23)13-12-24(31)32/h5-11,15-17H,3-4,12-14H2,1-2H3,(H,31,32). The predicted octanol–water partition coefficient (Wildman–Crippen LogP) is 5.70. The van der Waals surface area contributed by atoms with Crippen LogP contribution in [0.15, 0.2) is 59.6 Å². The van der Waals surface area contributed by atoms with E-state index in [0.717, 1.165) is 46.7 Å². The number of hydrogen-bond acceptors (Lipinski definition) is 6. The Kier molecular flexibility index (Phi) is 8.22. The van der Waals surface area contributed by atoms with Crippen LogP contribution in [0.2, 0.25) is 0 Å². The lowest BCUT2D eigenvalue weighted by molar-refractivity contribution is -0.137. The molecule has 36 heavy (non-hydrogen) atoms. The van der Waals surface area contributed by atoms with Crippen LogP contribution in [0.5, 0.6) is 5.75 Å². The molecule has 1 amide bonds. The monoisotopic (exact) mass is 521 g/mol. The van der Waals surface area contributed by atoms with E-state index < -0.39 is 5.97 Å². The van der Waals surface area contributed by atoms with Gasteiger partial charge in [0, 0.05) is 23.9 Å². The molecule has 1 saturated heterocycles. The number of thioether (sulfide) groups is 1. The largest absolute Gasteiger partial charge is 0.493 e. The van der Waals surface area contributed by atoms with Gasteiger partial charge >= 0.3 is 5.97 Å². The van der Waals surface area contributed by atoms with Crippen LogP contribution in [-0.2, 0) is 9.59 Å². The zero-order valence-electron chi connectivity index (χ0n) is 20.1. The maximum absolute atomic E-state index is 13.0. The zero-order valence-corrected chi connectivity index (χ0v) is 21.8. The van der Waals surface area contributed by atoms with Crippen molar-refractivity contribution in [2.24, 2.45) is 0 Å². The fraction of sp³-hybridized carbons (Fsp3) is 0.259. The van der Waals surface area contributed by atoms with Crippen LogP contribution >= 0.6 is 24.0 Å². The number of aliphatic carboxylic acids is 1. The van der Waals surface area contributed by atoms with E-state index in [9.17, 15) is 9.59 Å². The van der Waals surface area contributed by atoms with Gasteiger partial charge in [-0.1, -0.05) is 55.5 Å². The summed E-state index contributed by atoms with van der Waals surface area (Å²) in [4.78, 5) is 25.8. The van der Waals surface area contributed by atoms with E-state index in [0.29, 0.717) is 15.8 Å². The third-order valence-electron chi connectivity index (χ3n) is 5.68. The second-order valence-electron chi connectivity index (χ2n) is 8.37. The first kappa shape index (κ1) is 25.7. The number of benzene rings is 2. The van der Waals surface area contributed by atoms with Crippen molar-refractivity contribution in [3.8, 4) is 22.7 Å². The molecule has 0 saturated carbocycles. The molecule has 1 fully saturated rings. The van der Waals surface area contributed by atoms with Crippen molar-refractivity contribution < 1.29 is 19.4 Å². The van der Waals surface area contributed by atoms with Crippen molar-refractivity contribution in [1.29, 1.82) is 0 Å². The predicted molar refractivity (Wildman–Crippen MR) is 146 cm³/mol. The molecule has 3 aromatic rings. The fourth-order valence-corrected chi connectivity index (χ4v) is 5.06. The van der Waals surface area contributed by atoms with Gasteiger partial charge < -0.3 is 9.84 Å². The molecule has 9 heteroatoms. The summed E-state index contributed by atoms with van der Waals surface area (Å²) in [6, 6.07) is 15.7. The number of carbonyl (C=O) groups is 2. The molecular formula is C27H27N3O4S2. The Labute approximate surface area is 219 Å². The smallest absolute Gasteiger partial charge is 0.305 e. The number of para-hydroxylation sites is 1. The summed E-state index contributed by atoms with van der Waals surface area (Å²) in [7, 11) is 0. The van der Waals surface area contributed by atoms with E-state index in [2.05, 4.69) is 6.92 Å². The summed E-state index contributed by atoms with van der Waals surface area (Å²) in [5, 5.41) is 13.8. The SMILES string of the molecule is CCCCOc1ccc(-c2nn(-c3ccccc3)cc2C=C2SC(=S)N(CCC(=O)O)C2=O)cc1C. The number of hydrogen-bond donors (Lipinski definition) is 1. The molecule has 4 rings (SSSR count). The summed E-state index contributed by atoms with van der Waals surface area (Å²) in [6.07, 6.45) is 5.57. The highest BCUT2D eigenvalue weighted by Crippen LogP contribution is 2.35. The van der Waals surface area contributed by atoms with E-state index in [1.165, 1.54) is 16.7 Å². The first-order chi connectivity index (χ1) is 17.4. The molecule has 2 aromatic carbocycles. The number of ether oxygens (including phenoxy) is 1. The quantitative estimate of drug-likeness (QED) is 0.208. The second kappa shape index (κ2) is 11.5. The van der Waals surface area contributed by atoms with Gasteiger partial charge in [-0.05, 0) is 55.3 Å². The molecule has 0 radical (unpaired) electrons. The van der Waals surface area contributed by atoms with E-state index in [4.69, 9.17) is 27.2 Å². The number of carboxylic acids is 1. The van der Waals surface area contributed by atoms with Gasteiger partial charge in [-0.25, -0.2) is 4.68 Å². The lowest BCUT2D eigenvalue weighted by atomic mass is 10.0. The third-order valence-corrected chi connectivity index (χ3v) is 7.05. The number of carbonyl (C=O) groups excluding carboxylic acids is 1. The molecule has 0 spiro atoms. The number of unbranched alkanes of at least 4 members (excludes halogenated alkanes) is 1. The summed E-state index contributed by atoms with van der Waals surface area (Å²) >= 11 is 6.52. The normalized spacial score (nSPS) is 14.6. The summed E-state index contributed by atoms with van der Waals surface area (Å²) in [5.74, 6) is -0.423. The second-order valence-corrected chi connectivity index (χ2v) is 10.0. The Hall–Kier alpha value is -3.43. The highest BCUT2D eigenvalue weighted by Gasteiger charge is 2.32. The van der Waals surface area contributed by atoms with Crippen LogP contribution in [0.25, 0.3) is 23.0 Å². The molecule has 0 bridgehead atoms. The number of carboxylic acid groups (broad SMARTS) is 1. The number of rotatable bonds is 10. The average molecular weight is 522 g/mol. The molecule has 186 valence electrons. The van der Waals surface area contributed by atoms with Crippen molar-refractivity contribution in [2.75, 3.05) is 13.2 Å². The molecular weight excluding hydrogens is 494 g/mol. The van der Waals surface area contributed by atoms with Crippen LogP contribution in [0.1, 0.15) is 37.3 Å². The molecule has 1 aromatic heterocycles. The Bertz CT molecular complexity index is 1320. The zero-order chi connectivity index (χ0) is 25.7. The minimum Gasteiger partial charge on any atom is -0.493 e. The molecule has 1 N–H and O–H groups in total. The van der Waals surface area contributed by atoms with Crippen LogP contribution in [0.3, 0.4) is 0 Å². The van der Waals surface area contributed by atoms with Gasteiger partial charge in [0.25, 0.3) is 5.91 Å². The van der Waals surface area contributed by atoms with Gasteiger partial charge in [0.15, 0.2) is 0 Å². The van der Waals surface area contributed by atoms with Crippen molar-refractivity contribution >= 4 is 46.3 Å². The first-order valence-electron chi connectivity index (χ1n) is 11.7. The lowest BCUT2D eigenvalue weighted by Gasteiger charge is -2.12. The van der Waals surface area contributed by atoms with Crippen molar-refractivity contribution in [2.45, 2.75) is 33.1 Å². The number of nitrogens with zero attached hydrogens (tertiary/aromatic N) is 3. The number of amides is 1. The summed E-state index contributed by atoms with van der Waals surface area (Å²) < 4.78 is 8.05. The van der Waals surface area contributed by atoms with Crippen molar-refractivity contribution in [3.05, 3.63) is 70.8 Å². The van der Waals surface area contributed by atoms with Crippen molar-refractivity contribution in [1.82, 2.24) is 14.7 Å². The van der Waals surface area contributed by atoms with E-state index in [-0.39, 0.29) is 18.9 Å². The number of thiocarbonyl (C=S) groups is 1. The van der Waals surface area contributed by atoms with Gasteiger partial charge in [0.2, 0.25) is 0 Å². The van der Waals surface area contributed by atoms with Gasteiger partial charge in [-0.3, -0.25) is 14.5 Å². The third kappa shape index (κ3) is 5.85. The van der Waals surface area contributed by atoms with E-state index in [1.54, 1.807) is 10.8 Å². The molecule has 0 unspecified atom stereocenters. The maximum Gasteiger partial charge on any atom is 0.305 e. The minimum atomic E-state index is -0.975. The highest BCUT2D eigenvalue weighted by atomic mass is 32.2. The van der Waals surface area contributed by atoms with Crippen molar-refractivity contribution in [3.63, 3.8) is 0 Å². The average Bonchev–Trinajstić information content (AvgIpc) is 3.40. The van der Waals surface area contributed by atoms with Gasteiger partial charge in [0.1, 0.15) is 15.8 Å². The first-order valence-corrected chi connectivity index (χ1v) is 13.0. The molecule has 1 aliphatic heterocycles. The van der Waals surface area contributed by atoms with Gasteiger partial charge in [0.05, 0.1) is 23.6 Å². The lowest BCUT2D eigenvalue weighted by Crippen LogP contribution is -2.30. The number of aryl methyl sites for hydroxylation is 1. The molecule has 0 atom stereocenters. The summed E-state index contributed by atoms with van der Waals surface area (Å²) in [5.41, 5.74) is 4.28. The topological polar surface area (TPSA) is 84.7 Å². The highest BCUT2D eigenvalue weighted by molar-refractivity contribution is 8.26. The molecule has 7 nitrogen and oxygen atoms in total. The molecule has 0 aliphatic carbocycles. The Morgan fingerprint density at radius 1 is 1.22 bits per heavy atom. The van der Waals surface area contributed by atoms with Crippen LogP contribution in [0.4, 0.5) is 0 Å². The summed E-state index contributed by atoms with van der Waals surface area (Å²) in [6.45, 7) is 4.86. The van der Waals surface area contributed by atoms with Gasteiger partial charge in [-0.2, -0.15) is 5.10 Å². The van der Waals surface area contributed by atoms with Crippen LogP contribution in [0, 0.1) is 6.92 Å². The van der Waals surface area contributed by atoms with Gasteiger partial charge in [-0.15, -0.1) is 0 Å². The molecule has 1 aliphatic rings. The minimum absolute atomic E-state index is 0.0478. The Morgan fingerprint density at radius 2 is 2.00 bits per heavy atom. The maximum atomic E-state index is 13.0. The fourth-order valence-electron chi connectivity index (χ4n) is 3.76. The van der Waals surface area contributed by atoms with E-state index >= 15 is 0 Å². The number of aromatic nitrogens is 2. The Morgan fingerprint density at radius 3 is 2.69 bits per heavy atom. The molecule has 2 heterocycles.